The Bertz CT molecular complexity index is 716. The highest BCUT2D eigenvalue weighted by molar-refractivity contribution is 5.57. The second-order valence-electron chi connectivity index (χ2n) is 4.73. The van der Waals surface area contributed by atoms with E-state index in [-0.39, 0.29) is 0 Å². The summed E-state index contributed by atoms with van der Waals surface area (Å²) in [5.74, 6) is 0.796. The zero-order chi connectivity index (χ0) is 13.9. The van der Waals surface area contributed by atoms with Crippen LogP contribution >= 0.6 is 0 Å². The van der Waals surface area contributed by atoms with Gasteiger partial charge < -0.3 is 5.32 Å². The van der Waals surface area contributed by atoms with Crippen molar-refractivity contribution in [1.82, 2.24) is 14.5 Å². The first-order valence-corrected chi connectivity index (χ1v) is 6.53. The van der Waals surface area contributed by atoms with Crippen LogP contribution in [0.25, 0.3) is 5.69 Å². The molecule has 1 N–H and O–H groups in total. The van der Waals surface area contributed by atoms with Gasteiger partial charge in [0.05, 0.1) is 17.6 Å². The first-order chi connectivity index (χ1) is 9.74. The fourth-order valence-electron chi connectivity index (χ4n) is 2.13. The van der Waals surface area contributed by atoms with E-state index in [2.05, 4.69) is 22.2 Å². The number of anilines is 2. The van der Waals surface area contributed by atoms with E-state index in [9.17, 15) is 0 Å². The highest BCUT2D eigenvalue weighted by Crippen LogP contribution is 2.22. The third-order valence-corrected chi connectivity index (χ3v) is 3.13. The summed E-state index contributed by atoms with van der Waals surface area (Å²) in [6, 6.07) is 12.0. The predicted molar refractivity (Wildman–Crippen MR) is 80.6 cm³/mol. The Labute approximate surface area is 118 Å². The second kappa shape index (κ2) is 5.17. The summed E-state index contributed by atoms with van der Waals surface area (Å²) >= 11 is 0. The Morgan fingerprint density at radius 2 is 1.85 bits per heavy atom. The van der Waals surface area contributed by atoms with Crippen LogP contribution in [0.5, 0.6) is 0 Å². The first kappa shape index (κ1) is 12.4. The van der Waals surface area contributed by atoms with Gasteiger partial charge in [0.1, 0.15) is 0 Å². The lowest BCUT2D eigenvalue weighted by Gasteiger charge is -2.11. The van der Waals surface area contributed by atoms with Crippen LogP contribution in [0.2, 0.25) is 0 Å². The molecule has 2 aromatic heterocycles. The van der Waals surface area contributed by atoms with Crippen molar-refractivity contribution in [3.63, 3.8) is 0 Å². The minimum absolute atomic E-state index is 0.796. The van der Waals surface area contributed by atoms with Crippen LogP contribution in [0, 0.1) is 13.8 Å². The van der Waals surface area contributed by atoms with Crippen LogP contribution in [0.3, 0.4) is 0 Å². The molecule has 0 amide bonds. The molecule has 3 rings (SSSR count). The Morgan fingerprint density at radius 3 is 2.60 bits per heavy atom. The van der Waals surface area contributed by atoms with E-state index in [0.717, 1.165) is 28.6 Å². The Hall–Kier alpha value is -2.62. The fourth-order valence-corrected chi connectivity index (χ4v) is 2.13. The zero-order valence-electron chi connectivity index (χ0n) is 11.5. The Morgan fingerprint density at radius 1 is 1.05 bits per heavy atom. The van der Waals surface area contributed by atoms with Gasteiger partial charge in [0, 0.05) is 18.1 Å². The van der Waals surface area contributed by atoms with Crippen LogP contribution in [0.15, 0.2) is 55.0 Å². The molecule has 4 heteroatoms. The number of nitrogens with one attached hydrogen (secondary N) is 1. The molecular weight excluding hydrogens is 248 g/mol. The van der Waals surface area contributed by atoms with E-state index in [1.165, 1.54) is 0 Å². The van der Waals surface area contributed by atoms with Gasteiger partial charge >= 0.3 is 0 Å². The molecule has 0 aliphatic rings. The molecule has 100 valence electrons. The van der Waals surface area contributed by atoms with Gasteiger partial charge in [-0.25, -0.2) is 4.98 Å². The summed E-state index contributed by atoms with van der Waals surface area (Å²) in [6.45, 7) is 4.05. The minimum atomic E-state index is 0.796. The number of para-hydroxylation sites is 1. The number of rotatable bonds is 3. The highest BCUT2D eigenvalue weighted by atomic mass is 15.2. The molecule has 0 radical (unpaired) electrons. The van der Waals surface area contributed by atoms with Gasteiger partial charge in [-0.2, -0.15) is 0 Å². The molecule has 2 heterocycles. The largest absolute Gasteiger partial charge is 0.325 e. The van der Waals surface area contributed by atoms with Crippen LogP contribution in [-0.2, 0) is 0 Å². The topological polar surface area (TPSA) is 42.7 Å². The summed E-state index contributed by atoms with van der Waals surface area (Å²) < 4.78 is 2.03. The Kier molecular flexibility index (Phi) is 3.21. The zero-order valence-corrected chi connectivity index (χ0v) is 11.5. The number of hydrogen-bond donors (Lipinski definition) is 1. The summed E-state index contributed by atoms with van der Waals surface area (Å²) in [7, 11) is 0. The maximum Gasteiger partial charge on any atom is 0.212 e. The number of hydrogen-bond acceptors (Lipinski definition) is 3. The summed E-state index contributed by atoms with van der Waals surface area (Å²) in [4.78, 5) is 8.75. The normalized spacial score (nSPS) is 10.5. The number of pyridine rings is 1. The standard InChI is InChI=1S/C16H16N4/c1-12-8-9-17-10-15(12)20-11-13(2)18-16(20)19-14-6-4-3-5-7-14/h3-11H,1-2H3,(H,18,19). The van der Waals surface area contributed by atoms with Gasteiger partial charge in [0.25, 0.3) is 0 Å². The van der Waals surface area contributed by atoms with E-state index in [4.69, 9.17) is 0 Å². The number of aryl methyl sites for hydroxylation is 2. The lowest BCUT2D eigenvalue weighted by atomic mass is 10.2. The van der Waals surface area contributed by atoms with Gasteiger partial charge in [-0.15, -0.1) is 0 Å². The van der Waals surface area contributed by atoms with Crippen molar-refractivity contribution in [2.24, 2.45) is 0 Å². The van der Waals surface area contributed by atoms with E-state index < -0.39 is 0 Å². The second-order valence-corrected chi connectivity index (χ2v) is 4.73. The van der Waals surface area contributed by atoms with Crippen molar-refractivity contribution in [2.75, 3.05) is 5.32 Å². The van der Waals surface area contributed by atoms with Crippen LogP contribution in [0.4, 0.5) is 11.6 Å². The predicted octanol–water partition coefficient (Wildman–Crippen LogP) is 3.63. The van der Waals surface area contributed by atoms with Gasteiger partial charge in [-0.1, -0.05) is 18.2 Å². The third kappa shape index (κ3) is 2.40. The van der Waals surface area contributed by atoms with Crippen LogP contribution in [-0.4, -0.2) is 14.5 Å². The van der Waals surface area contributed by atoms with Crippen molar-refractivity contribution >= 4 is 11.6 Å². The molecule has 3 aromatic rings. The van der Waals surface area contributed by atoms with Gasteiger partial charge in [0.15, 0.2) is 0 Å². The van der Waals surface area contributed by atoms with Crippen molar-refractivity contribution in [1.29, 1.82) is 0 Å². The van der Waals surface area contributed by atoms with Crippen molar-refractivity contribution < 1.29 is 0 Å². The van der Waals surface area contributed by atoms with E-state index in [1.54, 1.807) is 6.20 Å². The summed E-state index contributed by atoms with van der Waals surface area (Å²) in [5, 5.41) is 3.34. The summed E-state index contributed by atoms with van der Waals surface area (Å²) in [5.41, 5.74) is 4.17. The van der Waals surface area contributed by atoms with Crippen LogP contribution < -0.4 is 5.32 Å². The quantitative estimate of drug-likeness (QED) is 0.785. The lowest BCUT2D eigenvalue weighted by molar-refractivity contribution is 1.03. The maximum absolute atomic E-state index is 4.55. The van der Waals surface area contributed by atoms with E-state index >= 15 is 0 Å². The number of imidazole rings is 1. The molecule has 0 spiro atoms. The minimum Gasteiger partial charge on any atom is -0.325 e. The molecule has 0 saturated carbocycles. The highest BCUT2D eigenvalue weighted by Gasteiger charge is 2.09. The van der Waals surface area contributed by atoms with Crippen molar-refractivity contribution in [2.45, 2.75) is 13.8 Å². The SMILES string of the molecule is Cc1cn(-c2cnccc2C)c(Nc2ccccc2)n1. The molecule has 0 atom stereocenters. The molecule has 0 saturated heterocycles. The number of benzene rings is 1. The number of nitrogens with zero attached hydrogens (tertiary/aromatic N) is 3. The van der Waals surface area contributed by atoms with Crippen LogP contribution in [0.1, 0.15) is 11.3 Å². The molecule has 0 fully saturated rings. The molecule has 20 heavy (non-hydrogen) atoms. The maximum atomic E-state index is 4.55. The van der Waals surface area contributed by atoms with Gasteiger partial charge in [-0.3, -0.25) is 9.55 Å². The van der Waals surface area contributed by atoms with Gasteiger partial charge in [-0.05, 0) is 37.6 Å². The number of aromatic nitrogens is 3. The average molecular weight is 264 g/mol. The molecule has 0 unspecified atom stereocenters. The van der Waals surface area contributed by atoms with Crippen molar-refractivity contribution in [3.8, 4) is 5.69 Å². The lowest BCUT2D eigenvalue weighted by Crippen LogP contribution is -2.02. The van der Waals surface area contributed by atoms with Crippen molar-refractivity contribution in [3.05, 3.63) is 66.2 Å². The van der Waals surface area contributed by atoms with E-state index in [1.807, 2.05) is 60.3 Å². The molecule has 4 nitrogen and oxygen atoms in total. The summed E-state index contributed by atoms with van der Waals surface area (Å²) in [6.07, 6.45) is 5.66. The monoisotopic (exact) mass is 264 g/mol. The molecular formula is C16H16N4. The fraction of sp³-hybridized carbons (Fsp3) is 0.125. The average Bonchev–Trinajstić information content (AvgIpc) is 2.81. The molecule has 0 aliphatic carbocycles. The Balaban J connectivity index is 2.03. The van der Waals surface area contributed by atoms with Gasteiger partial charge in [0.2, 0.25) is 5.95 Å². The third-order valence-electron chi connectivity index (χ3n) is 3.13. The smallest absolute Gasteiger partial charge is 0.212 e. The van der Waals surface area contributed by atoms with E-state index in [0.29, 0.717) is 0 Å². The first-order valence-electron chi connectivity index (χ1n) is 6.53. The molecule has 0 aliphatic heterocycles. The molecule has 0 bridgehead atoms. The molecule has 1 aromatic carbocycles.